The summed E-state index contributed by atoms with van der Waals surface area (Å²) in [6.07, 6.45) is 4.01. The number of benzene rings is 1. The topological polar surface area (TPSA) is 37.9 Å². The Balaban J connectivity index is 1.95. The minimum absolute atomic E-state index is 0.350. The normalized spacial score (nSPS) is 11.2. The Morgan fingerprint density at radius 3 is 2.67 bits per heavy atom. The number of hydrogen-bond donors (Lipinski definition) is 1. The molecule has 2 aromatic heterocycles. The van der Waals surface area contributed by atoms with Gasteiger partial charge in [0.25, 0.3) is 0 Å². The number of aromatic amines is 1. The van der Waals surface area contributed by atoms with E-state index in [1.165, 1.54) is 16.5 Å². The Morgan fingerprint density at radius 1 is 1.17 bits per heavy atom. The van der Waals surface area contributed by atoms with E-state index < -0.39 is 0 Å². The standard InChI is InChI=1S/C19H20Cl2N2O/c1-4-5-13-9-22-19(18-17(13)11(2)12(3)23-18)24-10-14-6-7-15(20)8-16(14)21/h6-9,23H,4-5,10H2,1-3H3. The summed E-state index contributed by atoms with van der Waals surface area (Å²) in [5.41, 5.74) is 5.50. The predicted molar refractivity (Wildman–Crippen MR) is 100 cm³/mol. The molecule has 1 aromatic carbocycles. The monoisotopic (exact) mass is 362 g/mol. The molecule has 126 valence electrons. The number of nitrogens with zero attached hydrogens (tertiary/aromatic N) is 1. The molecule has 5 heteroatoms. The van der Waals surface area contributed by atoms with Gasteiger partial charge in [-0.2, -0.15) is 0 Å². The van der Waals surface area contributed by atoms with Crippen LogP contribution < -0.4 is 4.74 Å². The second kappa shape index (κ2) is 7.04. The van der Waals surface area contributed by atoms with Gasteiger partial charge in [0.15, 0.2) is 0 Å². The van der Waals surface area contributed by atoms with E-state index >= 15 is 0 Å². The maximum atomic E-state index is 6.22. The molecular weight excluding hydrogens is 343 g/mol. The van der Waals surface area contributed by atoms with Crippen LogP contribution in [-0.4, -0.2) is 9.97 Å². The number of hydrogen-bond acceptors (Lipinski definition) is 2. The lowest BCUT2D eigenvalue weighted by Gasteiger charge is -2.10. The van der Waals surface area contributed by atoms with Gasteiger partial charge in [-0.1, -0.05) is 42.6 Å². The van der Waals surface area contributed by atoms with Crippen molar-refractivity contribution >= 4 is 34.1 Å². The van der Waals surface area contributed by atoms with Crippen molar-refractivity contribution in [1.29, 1.82) is 0 Å². The zero-order valence-corrected chi connectivity index (χ0v) is 15.6. The third-order valence-electron chi connectivity index (χ3n) is 4.27. The fourth-order valence-corrected chi connectivity index (χ4v) is 3.36. The van der Waals surface area contributed by atoms with Crippen LogP contribution in [-0.2, 0) is 13.0 Å². The van der Waals surface area contributed by atoms with Crippen LogP contribution in [0.25, 0.3) is 10.9 Å². The zero-order chi connectivity index (χ0) is 17.3. The van der Waals surface area contributed by atoms with Gasteiger partial charge in [-0.05, 0) is 43.5 Å². The lowest BCUT2D eigenvalue weighted by molar-refractivity contribution is 0.297. The van der Waals surface area contributed by atoms with Gasteiger partial charge in [0.1, 0.15) is 12.1 Å². The van der Waals surface area contributed by atoms with Crippen LogP contribution in [0.1, 0.15) is 35.7 Å². The summed E-state index contributed by atoms with van der Waals surface area (Å²) in [5, 5.41) is 2.44. The number of pyridine rings is 1. The lowest BCUT2D eigenvalue weighted by Crippen LogP contribution is -2.00. The molecule has 0 spiro atoms. The number of aromatic nitrogens is 2. The summed E-state index contributed by atoms with van der Waals surface area (Å²) < 4.78 is 5.96. The third-order valence-corrected chi connectivity index (χ3v) is 4.86. The lowest BCUT2D eigenvalue weighted by atomic mass is 10.0. The van der Waals surface area contributed by atoms with E-state index in [1.54, 1.807) is 6.07 Å². The fourth-order valence-electron chi connectivity index (χ4n) is 2.90. The highest BCUT2D eigenvalue weighted by Crippen LogP contribution is 2.32. The summed E-state index contributed by atoms with van der Waals surface area (Å²) in [6, 6.07) is 5.40. The molecule has 0 radical (unpaired) electrons. The van der Waals surface area contributed by atoms with E-state index in [2.05, 4.69) is 30.7 Å². The molecule has 0 fully saturated rings. The molecule has 0 aliphatic rings. The summed E-state index contributed by atoms with van der Waals surface area (Å²) in [6.45, 7) is 6.73. The molecule has 3 nitrogen and oxygen atoms in total. The van der Waals surface area contributed by atoms with Crippen molar-refractivity contribution in [3.8, 4) is 5.88 Å². The van der Waals surface area contributed by atoms with Gasteiger partial charge in [-0.15, -0.1) is 0 Å². The highest BCUT2D eigenvalue weighted by Gasteiger charge is 2.15. The minimum Gasteiger partial charge on any atom is -0.471 e. The highest BCUT2D eigenvalue weighted by atomic mass is 35.5. The molecule has 0 atom stereocenters. The van der Waals surface area contributed by atoms with Crippen LogP contribution in [0.5, 0.6) is 5.88 Å². The molecule has 3 rings (SSSR count). The van der Waals surface area contributed by atoms with E-state index in [4.69, 9.17) is 27.9 Å². The molecule has 0 saturated heterocycles. The fraction of sp³-hybridized carbons (Fsp3) is 0.316. The Morgan fingerprint density at radius 2 is 1.96 bits per heavy atom. The molecule has 24 heavy (non-hydrogen) atoms. The van der Waals surface area contributed by atoms with Crippen molar-refractivity contribution in [1.82, 2.24) is 9.97 Å². The predicted octanol–water partition coefficient (Wildman–Crippen LogP) is 6.02. The van der Waals surface area contributed by atoms with E-state index in [1.807, 2.05) is 18.3 Å². The highest BCUT2D eigenvalue weighted by molar-refractivity contribution is 6.35. The summed E-state index contributed by atoms with van der Waals surface area (Å²) in [5.74, 6) is 0.604. The van der Waals surface area contributed by atoms with Gasteiger partial charge in [0.05, 0.1) is 0 Å². The largest absolute Gasteiger partial charge is 0.471 e. The first kappa shape index (κ1) is 17.1. The van der Waals surface area contributed by atoms with Crippen LogP contribution in [0.15, 0.2) is 24.4 Å². The molecule has 0 amide bonds. The second-order valence-corrected chi connectivity index (χ2v) is 6.83. The Labute approximate surface area is 152 Å². The molecular formula is C19H20Cl2N2O. The first-order valence-corrected chi connectivity index (χ1v) is 8.80. The number of ether oxygens (including phenoxy) is 1. The van der Waals surface area contributed by atoms with Crippen molar-refractivity contribution in [2.24, 2.45) is 0 Å². The first-order valence-electron chi connectivity index (χ1n) is 8.04. The van der Waals surface area contributed by atoms with Crippen LogP contribution in [0, 0.1) is 13.8 Å². The molecule has 0 aliphatic heterocycles. The smallest absolute Gasteiger partial charge is 0.238 e. The zero-order valence-electron chi connectivity index (χ0n) is 14.0. The second-order valence-electron chi connectivity index (χ2n) is 5.99. The third kappa shape index (κ3) is 3.24. The first-order chi connectivity index (χ1) is 11.5. The van der Waals surface area contributed by atoms with Crippen LogP contribution >= 0.6 is 23.2 Å². The van der Waals surface area contributed by atoms with Crippen LogP contribution in [0.2, 0.25) is 10.0 Å². The van der Waals surface area contributed by atoms with Crippen molar-refractivity contribution < 1.29 is 4.74 Å². The molecule has 0 saturated carbocycles. The summed E-state index contributed by atoms with van der Waals surface area (Å²) >= 11 is 12.2. The van der Waals surface area contributed by atoms with E-state index in [9.17, 15) is 0 Å². The average Bonchev–Trinajstić information content (AvgIpc) is 2.84. The van der Waals surface area contributed by atoms with Gasteiger partial charge in [0.2, 0.25) is 5.88 Å². The number of halogens is 2. The van der Waals surface area contributed by atoms with Crippen molar-refractivity contribution in [3.05, 3.63) is 56.8 Å². The van der Waals surface area contributed by atoms with Gasteiger partial charge >= 0.3 is 0 Å². The van der Waals surface area contributed by atoms with Crippen molar-refractivity contribution in [3.63, 3.8) is 0 Å². The van der Waals surface area contributed by atoms with Gasteiger partial charge in [-0.3, -0.25) is 0 Å². The van der Waals surface area contributed by atoms with Gasteiger partial charge < -0.3 is 9.72 Å². The van der Waals surface area contributed by atoms with Crippen LogP contribution in [0.4, 0.5) is 0 Å². The minimum atomic E-state index is 0.350. The van der Waals surface area contributed by atoms with E-state index in [0.29, 0.717) is 22.5 Å². The number of nitrogens with one attached hydrogen (secondary N) is 1. The van der Waals surface area contributed by atoms with E-state index in [0.717, 1.165) is 29.6 Å². The average molecular weight is 363 g/mol. The Kier molecular flexibility index (Phi) is 5.02. The number of fused-ring (bicyclic) bond motifs is 1. The molecule has 1 N–H and O–H groups in total. The molecule has 0 unspecified atom stereocenters. The summed E-state index contributed by atoms with van der Waals surface area (Å²) in [7, 11) is 0. The summed E-state index contributed by atoms with van der Waals surface area (Å²) in [4.78, 5) is 7.93. The van der Waals surface area contributed by atoms with Crippen molar-refractivity contribution in [2.45, 2.75) is 40.2 Å². The molecule has 0 aliphatic carbocycles. The van der Waals surface area contributed by atoms with Crippen LogP contribution in [0.3, 0.4) is 0 Å². The molecule has 3 aromatic rings. The SMILES string of the molecule is CCCc1cnc(OCc2ccc(Cl)cc2Cl)c2[nH]c(C)c(C)c12. The quantitative estimate of drug-likeness (QED) is 0.602. The number of aryl methyl sites for hydroxylation is 3. The maximum absolute atomic E-state index is 6.22. The van der Waals surface area contributed by atoms with Crippen molar-refractivity contribution in [2.75, 3.05) is 0 Å². The number of rotatable bonds is 5. The Bertz CT molecular complexity index is 887. The molecule has 2 heterocycles. The van der Waals surface area contributed by atoms with Gasteiger partial charge in [0, 0.05) is 32.9 Å². The number of H-pyrrole nitrogens is 1. The van der Waals surface area contributed by atoms with Gasteiger partial charge in [-0.25, -0.2) is 4.98 Å². The Hall–Kier alpha value is -1.71. The van der Waals surface area contributed by atoms with E-state index in [-0.39, 0.29) is 0 Å². The maximum Gasteiger partial charge on any atom is 0.238 e. The molecule has 0 bridgehead atoms.